The van der Waals surface area contributed by atoms with Crippen LogP contribution in [0.1, 0.15) is 35.5 Å². The summed E-state index contributed by atoms with van der Waals surface area (Å²) in [4.78, 5) is 20.7. The highest BCUT2D eigenvalue weighted by atomic mass is 16.5. The van der Waals surface area contributed by atoms with Gasteiger partial charge < -0.3 is 4.57 Å². The maximum atomic E-state index is 11.3. The molecule has 2 heterocycles. The van der Waals surface area contributed by atoms with Crippen LogP contribution in [-0.2, 0) is 24.2 Å². The molecular weight excluding hydrogens is 400 g/mol. The Morgan fingerprint density at radius 3 is 2.69 bits per heavy atom. The number of nitrogens with zero attached hydrogens (tertiary/aromatic N) is 3. The van der Waals surface area contributed by atoms with Crippen molar-refractivity contribution in [3.63, 3.8) is 0 Å². The first-order valence-electron chi connectivity index (χ1n) is 10.7. The van der Waals surface area contributed by atoms with Crippen molar-refractivity contribution in [2.75, 3.05) is 0 Å². The topological polar surface area (TPSA) is 80.0 Å². The lowest BCUT2D eigenvalue weighted by Gasteiger charge is -2.14. The zero-order valence-electron chi connectivity index (χ0n) is 18.0. The van der Waals surface area contributed by atoms with Crippen LogP contribution in [0.3, 0.4) is 0 Å². The Kier molecular flexibility index (Phi) is 6.72. The third kappa shape index (κ3) is 5.10. The van der Waals surface area contributed by atoms with Gasteiger partial charge in [0.25, 0.3) is 5.91 Å². The quantitative estimate of drug-likeness (QED) is 0.246. The summed E-state index contributed by atoms with van der Waals surface area (Å²) in [7, 11) is 0. The summed E-state index contributed by atoms with van der Waals surface area (Å²) in [5.41, 5.74) is 6.72. The van der Waals surface area contributed by atoms with E-state index >= 15 is 0 Å². The molecule has 162 valence electrons. The minimum atomic E-state index is -0.566. The van der Waals surface area contributed by atoms with Crippen LogP contribution in [0.25, 0.3) is 17.1 Å². The molecule has 0 aliphatic heterocycles. The average molecular weight is 427 g/mol. The molecule has 2 aromatic carbocycles. The lowest BCUT2D eigenvalue weighted by molar-refractivity contribution is -0.124. The van der Waals surface area contributed by atoms with Crippen LogP contribution < -0.4 is 5.48 Å². The molecule has 0 spiro atoms. The van der Waals surface area contributed by atoms with Crippen LogP contribution in [0.15, 0.2) is 79.0 Å². The van der Waals surface area contributed by atoms with E-state index in [1.54, 1.807) is 11.6 Å². The van der Waals surface area contributed by atoms with Gasteiger partial charge in [0.1, 0.15) is 5.82 Å². The maximum Gasteiger partial charge on any atom is 0.267 e. The number of imidazole rings is 1. The second-order valence-electron chi connectivity index (χ2n) is 7.82. The molecule has 4 rings (SSSR count). The molecule has 0 saturated carbocycles. The minimum absolute atomic E-state index is 0.328. The maximum absolute atomic E-state index is 11.3. The van der Waals surface area contributed by atoms with Gasteiger partial charge in [0, 0.05) is 37.4 Å². The second kappa shape index (κ2) is 10.0. The van der Waals surface area contributed by atoms with Crippen molar-refractivity contribution in [1.29, 1.82) is 0 Å². The van der Waals surface area contributed by atoms with E-state index in [0.717, 1.165) is 47.5 Å². The number of rotatable bonds is 8. The van der Waals surface area contributed by atoms with Crippen molar-refractivity contribution in [2.24, 2.45) is 0 Å². The molecule has 0 saturated heterocycles. The van der Waals surface area contributed by atoms with Crippen LogP contribution in [0.5, 0.6) is 0 Å². The van der Waals surface area contributed by atoms with Gasteiger partial charge in [0.05, 0.1) is 11.0 Å². The standard InChI is InChI=1S/C26H26N4O2/c1-19(21-7-3-2-4-8-21)17-25-28-23-18-20(11-13-26(31)29-32)10-12-24(23)30(25)16-14-22-9-5-6-15-27-22/h2-13,15,18-19,32H,14,16-17H2,1H3,(H,29,31). The Morgan fingerprint density at radius 1 is 1.12 bits per heavy atom. The van der Waals surface area contributed by atoms with Gasteiger partial charge in [0.15, 0.2) is 0 Å². The number of hydroxylamine groups is 1. The van der Waals surface area contributed by atoms with Gasteiger partial charge in [0.2, 0.25) is 0 Å². The zero-order chi connectivity index (χ0) is 22.3. The number of aryl methyl sites for hydroxylation is 2. The number of amides is 1. The Morgan fingerprint density at radius 2 is 1.94 bits per heavy atom. The molecule has 0 fully saturated rings. The number of hydrogen-bond donors (Lipinski definition) is 2. The predicted molar refractivity (Wildman–Crippen MR) is 125 cm³/mol. The number of hydrogen-bond acceptors (Lipinski definition) is 4. The van der Waals surface area contributed by atoms with Crippen LogP contribution >= 0.6 is 0 Å². The molecule has 2 aromatic heterocycles. The second-order valence-corrected chi connectivity index (χ2v) is 7.82. The molecule has 0 bridgehead atoms. The van der Waals surface area contributed by atoms with Crippen molar-refractivity contribution >= 4 is 23.0 Å². The molecule has 0 aliphatic rings. The van der Waals surface area contributed by atoms with E-state index in [2.05, 4.69) is 40.7 Å². The fourth-order valence-electron chi connectivity index (χ4n) is 3.86. The number of aromatic nitrogens is 3. The number of benzene rings is 2. The van der Waals surface area contributed by atoms with E-state index in [1.807, 2.05) is 48.7 Å². The summed E-state index contributed by atoms with van der Waals surface area (Å²) in [6, 6.07) is 22.4. The minimum Gasteiger partial charge on any atom is -0.328 e. The Bertz CT molecular complexity index is 1220. The Balaban J connectivity index is 1.66. The highest BCUT2D eigenvalue weighted by Gasteiger charge is 2.15. The first kappa shape index (κ1) is 21.5. The van der Waals surface area contributed by atoms with E-state index in [9.17, 15) is 4.79 Å². The van der Waals surface area contributed by atoms with Gasteiger partial charge in [-0.05, 0) is 47.4 Å². The molecule has 32 heavy (non-hydrogen) atoms. The number of carbonyl (C=O) groups is 1. The summed E-state index contributed by atoms with van der Waals surface area (Å²) < 4.78 is 2.28. The predicted octanol–water partition coefficient (Wildman–Crippen LogP) is 4.54. The smallest absolute Gasteiger partial charge is 0.267 e. The van der Waals surface area contributed by atoms with E-state index in [4.69, 9.17) is 10.2 Å². The molecule has 6 nitrogen and oxygen atoms in total. The molecule has 1 atom stereocenters. The van der Waals surface area contributed by atoms with Crippen molar-refractivity contribution < 1.29 is 10.0 Å². The van der Waals surface area contributed by atoms with Crippen LogP contribution in [0.4, 0.5) is 0 Å². The number of fused-ring (bicyclic) bond motifs is 1. The lowest BCUT2D eigenvalue weighted by Crippen LogP contribution is -2.14. The number of carbonyl (C=O) groups excluding carboxylic acids is 1. The summed E-state index contributed by atoms with van der Waals surface area (Å²) in [5.74, 6) is 0.791. The number of nitrogens with one attached hydrogen (secondary N) is 1. The average Bonchev–Trinajstić information content (AvgIpc) is 3.18. The zero-order valence-corrected chi connectivity index (χ0v) is 18.0. The van der Waals surface area contributed by atoms with E-state index in [1.165, 1.54) is 11.6 Å². The van der Waals surface area contributed by atoms with Crippen LogP contribution in [-0.4, -0.2) is 25.6 Å². The summed E-state index contributed by atoms with van der Waals surface area (Å²) in [6.07, 6.45) is 6.40. The van der Waals surface area contributed by atoms with Crippen molar-refractivity contribution in [3.8, 4) is 0 Å². The van der Waals surface area contributed by atoms with E-state index in [0.29, 0.717) is 5.92 Å². The number of pyridine rings is 1. The molecule has 0 radical (unpaired) electrons. The van der Waals surface area contributed by atoms with Crippen LogP contribution in [0, 0.1) is 0 Å². The normalized spacial score (nSPS) is 12.3. The van der Waals surface area contributed by atoms with Gasteiger partial charge in [-0.25, -0.2) is 10.5 Å². The summed E-state index contributed by atoms with van der Waals surface area (Å²) in [6.45, 7) is 3.01. The third-order valence-corrected chi connectivity index (χ3v) is 5.56. The molecule has 6 heteroatoms. The fourth-order valence-corrected chi connectivity index (χ4v) is 3.86. The molecule has 1 amide bonds. The highest BCUT2D eigenvalue weighted by Crippen LogP contribution is 2.25. The molecule has 2 N–H and O–H groups in total. The fraction of sp³-hybridized carbons (Fsp3) is 0.192. The van der Waals surface area contributed by atoms with E-state index < -0.39 is 5.91 Å². The Hall–Kier alpha value is -3.77. The van der Waals surface area contributed by atoms with E-state index in [-0.39, 0.29) is 0 Å². The van der Waals surface area contributed by atoms with Gasteiger partial charge in [-0.3, -0.25) is 15.0 Å². The molecule has 1 unspecified atom stereocenters. The van der Waals surface area contributed by atoms with Crippen molar-refractivity contribution in [3.05, 3.63) is 102 Å². The van der Waals surface area contributed by atoms with Gasteiger partial charge in [-0.1, -0.05) is 49.4 Å². The molecule has 4 aromatic rings. The SMILES string of the molecule is CC(Cc1nc2cc(C=CC(=O)NO)ccc2n1CCc1ccccn1)c1ccccc1. The molecular formula is C26H26N4O2. The summed E-state index contributed by atoms with van der Waals surface area (Å²) in [5, 5.41) is 8.68. The molecule has 0 aliphatic carbocycles. The lowest BCUT2D eigenvalue weighted by atomic mass is 9.97. The van der Waals surface area contributed by atoms with Gasteiger partial charge >= 0.3 is 0 Å². The van der Waals surface area contributed by atoms with Crippen molar-refractivity contribution in [2.45, 2.75) is 32.2 Å². The van der Waals surface area contributed by atoms with Gasteiger partial charge in [-0.2, -0.15) is 0 Å². The monoisotopic (exact) mass is 426 g/mol. The third-order valence-electron chi connectivity index (χ3n) is 5.56. The summed E-state index contributed by atoms with van der Waals surface area (Å²) >= 11 is 0. The first-order valence-corrected chi connectivity index (χ1v) is 10.7. The van der Waals surface area contributed by atoms with Gasteiger partial charge in [-0.15, -0.1) is 0 Å². The Labute approximate surface area is 187 Å². The first-order chi connectivity index (χ1) is 15.6. The van der Waals surface area contributed by atoms with Crippen molar-refractivity contribution in [1.82, 2.24) is 20.0 Å². The van der Waals surface area contributed by atoms with Crippen LogP contribution in [0.2, 0.25) is 0 Å². The largest absolute Gasteiger partial charge is 0.328 e. The highest BCUT2D eigenvalue weighted by molar-refractivity contribution is 5.91.